The maximum Gasteiger partial charge on any atom is 0.168 e. The first-order valence-electron chi connectivity index (χ1n) is 7.94. The van der Waals surface area contributed by atoms with E-state index in [1.54, 1.807) is 39.3 Å². The van der Waals surface area contributed by atoms with Crippen LogP contribution in [-0.4, -0.2) is 31.5 Å². The molecule has 0 amide bonds. The lowest BCUT2D eigenvalue weighted by Gasteiger charge is -2.29. The molecule has 0 bridgehead atoms. The molecule has 2 aromatic carbocycles. The average molecular weight is 331 g/mol. The number of hydrogen-bond donors (Lipinski definition) is 2. The predicted octanol–water partition coefficient (Wildman–Crippen LogP) is 3.31. The second-order valence-corrected chi connectivity index (χ2v) is 6.20. The topological polar surface area (TPSA) is 50.7 Å². The van der Waals surface area contributed by atoms with Gasteiger partial charge in [0.25, 0.3) is 0 Å². The van der Waals surface area contributed by atoms with E-state index in [0.717, 1.165) is 11.1 Å². The van der Waals surface area contributed by atoms with Crippen molar-refractivity contribution in [2.45, 2.75) is 25.1 Å². The van der Waals surface area contributed by atoms with Crippen LogP contribution in [-0.2, 0) is 6.42 Å². The summed E-state index contributed by atoms with van der Waals surface area (Å²) < 4.78 is 26.9. The number of phenols is 1. The first-order valence-corrected chi connectivity index (χ1v) is 7.94. The zero-order valence-electron chi connectivity index (χ0n) is 14.1. The minimum Gasteiger partial charge on any atom is -0.508 e. The van der Waals surface area contributed by atoms with Crippen LogP contribution in [0.4, 0.5) is 4.39 Å². The SMILES string of the molecule is CNCC1(F)Cc2cc(OC)ccc2C1Oc1cccc(O)c1C. The Morgan fingerprint density at radius 3 is 2.83 bits per heavy atom. The fraction of sp³-hybridized carbons (Fsp3) is 0.368. The number of benzene rings is 2. The molecule has 0 aromatic heterocycles. The van der Waals surface area contributed by atoms with E-state index in [2.05, 4.69) is 5.32 Å². The third kappa shape index (κ3) is 2.80. The van der Waals surface area contributed by atoms with Gasteiger partial charge >= 0.3 is 0 Å². The highest BCUT2D eigenvalue weighted by molar-refractivity contribution is 5.47. The van der Waals surface area contributed by atoms with Crippen LogP contribution in [0.2, 0.25) is 0 Å². The Morgan fingerprint density at radius 2 is 2.12 bits per heavy atom. The molecule has 0 aliphatic heterocycles. The third-order valence-corrected chi connectivity index (χ3v) is 4.56. The predicted molar refractivity (Wildman–Crippen MR) is 90.7 cm³/mol. The average Bonchev–Trinajstić information content (AvgIpc) is 2.83. The van der Waals surface area contributed by atoms with E-state index in [-0.39, 0.29) is 18.7 Å². The molecular weight excluding hydrogens is 309 g/mol. The summed E-state index contributed by atoms with van der Waals surface area (Å²) >= 11 is 0. The molecule has 3 rings (SSSR count). The number of fused-ring (bicyclic) bond motifs is 1. The first kappa shape index (κ1) is 16.6. The van der Waals surface area contributed by atoms with E-state index in [1.807, 2.05) is 18.2 Å². The number of halogens is 1. The van der Waals surface area contributed by atoms with Crippen molar-refractivity contribution in [3.05, 3.63) is 53.1 Å². The highest BCUT2D eigenvalue weighted by Crippen LogP contribution is 2.46. The minimum atomic E-state index is -1.57. The lowest BCUT2D eigenvalue weighted by atomic mass is 9.99. The van der Waals surface area contributed by atoms with Crippen LogP contribution in [0, 0.1) is 6.92 Å². The highest BCUT2D eigenvalue weighted by Gasteiger charge is 2.48. The summed E-state index contributed by atoms with van der Waals surface area (Å²) in [6.07, 6.45) is -0.491. The number of nitrogens with one attached hydrogen (secondary N) is 1. The second kappa shape index (κ2) is 6.32. The molecule has 1 aliphatic rings. The molecule has 1 aliphatic carbocycles. The summed E-state index contributed by atoms with van der Waals surface area (Å²) in [6.45, 7) is 1.93. The van der Waals surface area contributed by atoms with Gasteiger partial charge in [-0.15, -0.1) is 0 Å². The molecule has 24 heavy (non-hydrogen) atoms. The normalized spacial score (nSPS) is 22.2. The molecule has 0 fully saturated rings. The lowest BCUT2D eigenvalue weighted by Crippen LogP contribution is -2.41. The van der Waals surface area contributed by atoms with Crippen LogP contribution in [0.15, 0.2) is 36.4 Å². The molecule has 0 spiro atoms. The van der Waals surface area contributed by atoms with E-state index < -0.39 is 11.8 Å². The molecule has 5 heteroatoms. The van der Waals surface area contributed by atoms with Gasteiger partial charge in [-0.3, -0.25) is 0 Å². The van der Waals surface area contributed by atoms with Crippen LogP contribution in [0.3, 0.4) is 0 Å². The summed E-state index contributed by atoms with van der Waals surface area (Å²) in [4.78, 5) is 0. The van der Waals surface area contributed by atoms with Gasteiger partial charge in [-0.1, -0.05) is 12.1 Å². The van der Waals surface area contributed by atoms with Crippen molar-refractivity contribution in [2.24, 2.45) is 0 Å². The lowest BCUT2D eigenvalue weighted by molar-refractivity contribution is 0.0226. The van der Waals surface area contributed by atoms with Crippen molar-refractivity contribution in [3.63, 3.8) is 0 Å². The Morgan fingerprint density at radius 1 is 1.33 bits per heavy atom. The fourth-order valence-electron chi connectivity index (χ4n) is 3.28. The zero-order chi connectivity index (χ0) is 17.3. The number of methoxy groups -OCH3 is 1. The van der Waals surface area contributed by atoms with E-state index in [4.69, 9.17) is 9.47 Å². The zero-order valence-corrected chi connectivity index (χ0v) is 14.1. The Kier molecular flexibility index (Phi) is 4.37. The van der Waals surface area contributed by atoms with Crippen molar-refractivity contribution in [3.8, 4) is 17.2 Å². The number of phenolic OH excluding ortho intramolecular Hbond substituents is 1. The van der Waals surface area contributed by atoms with Gasteiger partial charge < -0.3 is 19.9 Å². The van der Waals surface area contributed by atoms with E-state index in [9.17, 15) is 5.11 Å². The monoisotopic (exact) mass is 331 g/mol. The van der Waals surface area contributed by atoms with Crippen molar-refractivity contribution in [1.29, 1.82) is 0 Å². The first-order chi connectivity index (χ1) is 11.5. The number of rotatable bonds is 5. The number of aromatic hydroxyl groups is 1. The van der Waals surface area contributed by atoms with Gasteiger partial charge in [-0.25, -0.2) is 4.39 Å². The number of ether oxygens (including phenoxy) is 2. The van der Waals surface area contributed by atoms with Gasteiger partial charge in [0.1, 0.15) is 17.2 Å². The molecular formula is C19H22FNO3. The van der Waals surface area contributed by atoms with Crippen LogP contribution >= 0.6 is 0 Å². The Bertz CT molecular complexity index is 749. The Labute approximate surface area is 141 Å². The molecule has 2 atom stereocenters. The molecule has 0 radical (unpaired) electrons. The molecule has 2 aromatic rings. The molecule has 128 valence electrons. The molecule has 0 saturated heterocycles. The van der Waals surface area contributed by atoms with Gasteiger partial charge in [-0.05, 0) is 49.4 Å². The van der Waals surface area contributed by atoms with Gasteiger partial charge in [-0.2, -0.15) is 0 Å². The van der Waals surface area contributed by atoms with E-state index >= 15 is 4.39 Å². The van der Waals surface area contributed by atoms with Crippen LogP contribution in [0.1, 0.15) is 22.8 Å². The van der Waals surface area contributed by atoms with Gasteiger partial charge in [0, 0.05) is 18.5 Å². The summed E-state index contributed by atoms with van der Waals surface area (Å²) in [5.41, 5.74) is 0.735. The minimum absolute atomic E-state index is 0.138. The Hall–Kier alpha value is -2.27. The van der Waals surface area contributed by atoms with E-state index in [1.165, 1.54) is 0 Å². The summed E-state index contributed by atoms with van der Waals surface area (Å²) in [7, 11) is 3.32. The molecule has 2 N–H and O–H groups in total. The summed E-state index contributed by atoms with van der Waals surface area (Å²) in [6, 6.07) is 10.6. The van der Waals surface area contributed by atoms with Crippen molar-refractivity contribution in [1.82, 2.24) is 5.32 Å². The van der Waals surface area contributed by atoms with Crippen LogP contribution in [0.25, 0.3) is 0 Å². The third-order valence-electron chi connectivity index (χ3n) is 4.56. The van der Waals surface area contributed by atoms with Gasteiger partial charge in [0.15, 0.2) is 11.8 Å². The molecule has 0 heterocycles. The summed E-state index contributed by atoms with van der Waals surface area (Å²) in [5, 5.41) is 12.8. The molecule has 4 nitrogen and oxygen atoms in total. The highest BCUT2D eigenvalue weighted by atomic mass is 19.1. The van der Waals surface area contributed by atoms with E-state index in [0.29, 0.717) is 17.1 Å². The van der Waals surface area contributed by atoms with Gasteiger partial charge in [0.05, 0.1) is 7.11 Å². The Balaban J connectivity index is 2.01. The second-order valence-electron chi connectivity index (χ2n) is 6.20. The van der Waals surface area contributed by atoms with Crippen LogP contribution in [0.5, 0.6) is 17.2 Å². The van der Waals surface area contributed by atoms with Crippen molar-refractivity contribution >= 4 is 0 Å². The number of alkyl halides is 1. The molecule has 0 saturated carbocycles. The van der Waals surface area contributed by atoms with Crippen molar-refractivity contribution < 1.29 is 19.0 Å². The standard InChI is InChI=1S/C19H22FNO3/c1-12-16(22)5-4-6-17(12)24-18-15-8-7-14(23-3)9-13(15)10-19(18,20)11-21-2/h4-9,18,21-22H,10-11H2,1-3H3. The smallest absolute Gasteiger partial charge is 0.168 e. The molecule has 2 unspecified atom stereocenters. The fourth-order valence-corrected chi connectivity index (χ4v) is 3.28. The maximum atomic E-state index is 15.6. The summed E-state index contributed by atoms with van der Waals surface area (Å²) in [5.74, 6) is 1.33. The maximum absolute atomic E-state index is 15.6. The largest absolute Gasteiger partial charge is 0.508 e. The van der Waals surface area contributed by atoms with Crippen molar-refractivity contribution in [2.75, 3.05) is 20.7 Å². The quantitative estimate of drug-likeness (QED) is 0.882. The number of hydrogen-bond acceptors (Lipinski definition) is 4. The van der Waals surface area contributed by atoms with Gasteiger partial charge in [0.2, 0.25) is 0 Å². The van der Waals surface area contributed by atoms with Crippen LogP contribution < -0.4 is 14.8 Å².